The Morgan fingerprint density at radius 3 is 2.62 bits per heavy atom. The maximum atomic E-state index is 13.0. The van der Waals surface area contributed by atoms with Crippen LogP contribution < -0.4 is 5.32 Å². The first-order valence-corrected chi connectivity index (χ1v) is 9.52. The average Bonchev–Trinajstić information content (AvgIpc) is 3.20. The number of aromatic nitrogens is 2. The van der Waals surface area contributed by atoms with Crippen LogP contribution in [-0.2, 0) is 25.6 Å². The highest BCUT2D eigenvalue weighted by Gasteiger charge is 2.39. The number of allylic oxidation sites excluding steroid dienone is 2. The number of esters is 2. The Hall–Kier alpha value is -3.06. The number of ether oxygens (including phenoxy) is 2. The number of nitrogens with one attached hydrogen (secondary N) is 1. The van der Waals surface area contributed by atoms with E-state index in [1.807, 2.05) is 10.6 Å². The minimum Gasteiger partial charge on any atom is -0.466 e. The Labute approximate surface area is 174 Å². The Morgan fingerprint density at radius 2 is 2.00 bits per heavy atom. The van der Waals surface area contributed by atoms with Crippen molar-refractivity contribution < 1.29 is 19.1 Å². The Bertz CT molecular complexity index is 980. The van der Waals surface area contributed by atoms with Crippen molar-refractivity contribution in [3.63, 3.8) is 0 Å². The first-order chi connectivity index (χ1) is 14.0. The van der Waals surface area contributed by atoms with E-state index in [9.17, 15) is 9.59 Å². The van der Waals surface area contributed by atoms with Gasteiger partial charge in [-0.15, -0.1) is 0 Å². The number of hydrogen-bond acceptors (Lipinski definition) is 6. The van der Waals surface area contributed by atoms with Crippen LogP contribution in [0.4, 0.5) is 0 Å². The molecular formula is C21H22ClN3O4. The molecule has 2 heterocycles. The summed E-state index contributed by atoms with van der Waals surface area (Å²) in [6, 6.07) is 7.12. The molecule has 1 aromatic carbocycles. The smallest absolute Gasteiger partial charge is 0.336 e. The quantitative estimate of drug-likeness (QED) is 0.729. The van der Waals surface area contributed by atoms with E-state index in [1.165, 1.54) is 7.11 Å². The molecule has 0 amide bonds. The normalized spacial score (nSPS) is 16.5. The molecule has 1 atom stereocenters. The van der Waals surface area contributed by atoms with Crippen LogP contribution >= 0.6 is 11.6 Å². The minimum atomic E-state index is -0.727. The Balaban J connectivity index is 2.23. The number of carbonyl (C=O) groups is 2. The van der Waals surface area contributed by atoms with Crippen LogP contribution in [0.5, 0.6) is 0 Å². The van der Waals surface area contributed by atoms with Crippen molar-refractivity contribution in [2.45, 2.75) is 26.3 Å². The van der Waals surface area contributed by atoms with Gasteiger partial charge in [0, 0.05) is 28.8 Å². The van der Waals surface area contributed by atoms with Crippen molar-refractivity contribution in [1.29, 1.82) is 0 Å². The lowest BCUT2D eigenvalue weighted by Gasteiger charge is -2.32. The van der Waals surface area contributed by atoms with Crippen molar-refractivity contribution in [2.24, 2.45) is 0 Å². The van der Waals surface area contributed by atoms with Crippen LogP contribution in [0.2, 0.25) is 5.02 Å². The fraction of sp³-hybridized carbons (Fsp3) is 0.286. The molecule has 1 aromatic heterocycles. The third kappa shape index (κ3) is 4.19. The zero-order valence-corrected chi connectivity index (χ0v) is 17.2. The fourth-order valence-corrected chi connectivity index (χ4v) is 3.68. The molecule has 29 heavy (non-hydrogen) atoms. The first kappa shape index (κ1) is 20.7. The summed E-state index contributed by atoms with van der Waals surface area (Å²) < 4.78 is 12.2. The van der Waals surface area contributed by atoms with Gasteiger partial charge in [-0.25, -0.2) is 14.6 Å². The number of dihydropyridines is 1. The molecule has 3 rings (SSSR count). The van der Waals surface area contributed by atoms with Crippen molar-refractivity contribution >= 4 is 23.5 Å². The summed E-state index contributed by atoms with van der Waals surface area (Å²) in [5.41, 5.74) is 2.46. The molecule has 1 aliphatic rings. The Morgan fingerprint density at radius 1 is 1.24 bits per heavy atom. The summed E-state index contributed by atoms with van der Waals surface area (Å²) in [6.45, 7) is 4.05. The SMILES string of the molecule is CCOC(=O)C1=C(Cn2ccnc2)NC(C)=C(C(=O)OC)C1c1ccccc1Cl. The van der Waals surface area contributed by atoms with Gasteiger partial charge in [-0.3, -0.25) is 0 Å². The number of halogens is 1. The maximum absolute atomic E-state index is 13.0. The van der Waals surface area contributed by atoms with Crippen LogP contribution in [0.25, 0.3) is 0 Å². The molecule has 0 bridgehead atoms. The average molecular weight is 416 g/mol. The van der Waals surface area contributed by atoms with Gasteiger partial charge in [-0.2, -0.15) is 0 Å². The summed E-state index contributed by atoms with van der Waals surface area (Å²) in [5, 5.41) is 3.64. The molecule has 0 aliphatic carbocycles. The van der Waals surface area contributed by atoms with E-state index < -0.39 is 17.9 Å². The largest absolute Gasteiger partial charge is 0.466 e. The molecular weight excluding hydrogens is 394 g/mol. The molecule has 0 saturated heterocycles. The van der Waals surface area contributed by atoms with Gasteiger partial charge in [0.1, 0.15) is 0 Å². The van der Waals surface area contributed by atoms with Gasteiger partial charge in [-0.1, -0.05) is 29.8 Å². The molecule has 7 nitrogen and oxygen atoms in total. The molecule has 1 aliphatic heterocycles. The van der Waals surface area contributed by atoms with Crippen molar-refractivity contribution in [3.8, 4) is 0 Å². The maximum Gasteiger partial charge on any atom is 0.336 e. The summed E-state index contributed by atoms with van der Waals surface area (Å²) in [7, 11) is 1.31. The molecule has 0 radical (unpaired) electrons. The van der Waals surface area contributed by atoms with E-state index in [1.54, 1.807) is 50.8 Å². The van der Waals surface area contributed by atoms with E-state index in [0.29, 0.717) is 39.7 Å². The van der Waals surface area contributed by atoms with Gasteiger partial charge in [0.2, 0.25) is 0 Å². The highest BCUT2D eigenvalue weighted by Crippen LogP contribution is 2.42. The van der Waals surface area contributed by atoms with Gasteiger partial charge in [-0.05, 0) is 25.5 Å². The van der Waals surface area contributed by atoms with E-state index >= 15 is 0 Å². The van der Waals surface area contributed by atoms with E-state index in [0.717, 1.165) is 0 Å². The number of methoxy groups -OCH3 is 1. The second-order valence-electron chi connectivity index (χ2n) is 6.46. The molecule has 0 spiro atoms. The van der Waals surface area contributed by atoms with E-state index in [-0.39, 0.29) is 6.61 Å². The number of hydrogen-bond donors (Lipinski definition) is 1. The van der Waals surface area contributed by atoms with Gasteiger partial charge in [0.15, 0.2) is 0 Å². The van der Waals surface area contributed by atoms with Crippen LogP contribution in [-0.4, -0.2) is 35.2 Å². The topological polar surface area (TPSA) is 82.5 Å². The molecule has 2 aromatic rings. The zero-order valence-electron chi connectivity index (χ0n) is 16.4. The number of rotatable bonds is 6. The monoisotopic (exact) mass is 415 g/mol. The van der Waals surface area contributed by atoms with Crippen LogP contribution in [0.1, 0.15) is 25.3 Å². The van der Waals surface area contributed by atoms with Crippen molar-refractivity contribution in [3.05, 3.63) is 76.1 Å². The van der Waals surface area contributed by atoms with Crippen LogP contribution in [0.3, 0.4) is 0 Å². The van der Waals surface area contributed by atoms with Gasteiger partial charge in [0.25, 0.3) is 0 Å². The lowest BCUT2D eigenvalue weighted by Crippen LogP contribution is -2.34. The summed E-state index contributed by atoms with van der Waals surface area (Å²) in [5.74, 6) is -1.78. The minimum absolute atomic E-state index is 0.201. The van der Waals surface area contributed by atoms with E-state index in [4.69, 9.17) is 21.1 Å². The number of nitrogens with zero attached hydrogens (tertiary/aromatic N) is 2. The molecule has 152 valence electrons. The standard InChI is InChI=1S/C21H22ClN3O4/c1-4-29-21(27)19-16(11-25-10-9-23-12-25)24-13(2)17(20(26)28-3)18(19)14-7-5-6-8-15(14)22/h5-10,12,18,24H,4,11H2,1-3H3. The summed E-state index contributed by atoms with van der Waals surface area (Å²) >= 11 is 6.47. The highest BCUT2D eigenvalue weighted by molar-refractivity contribution is 6.31. The molecule has 1 N–H and O–H groups in total. The number of imidazole rings is 1. The number of benzene rings is 1. The van der Waals surface area contributed by atoms with Gasteiger partial charge in [0.05, 0.1) is 43.7 Å². The second-order valence-corrected chi connectivity index (χ2v) is 6.86. The second kappa shape index (κ2) is 8.96. The molecule has 0 fully saturated rings. The van der Waals surface area contributed by atoms with Crippen molar-refractivity contribution in [1.82, 2.24) is 14.9 Å². The van der Waals surface area contributed by atoms with Gasteiger partial charge < -0.3 is 19.4 Å². The number of carbonyl (C=O) groups excluding carboxylic acids is 2. The lowest BCUT2D eigenvalue weighted by atomic mass is 9.80. The first-order valence-electron chi connectivity index (χ1n) is 9.14. The van der Waals surface area contributed by atoms with Crippen LogP contribution in [0.15, 0.2) is 65.5 Å². The molecule has 8 heteroatoms. The zero-order chi connectivity index (χ0) is 21.0. The molecule has 1 unspecified atom stereocenters. The predicted octanol–water partition coefficient (Wildman–Crippen LogP) is 3.19. The lowest BCUT2D eigenvalue weighted by molar-refractivity contribution is -0.139. The van der Waals surface area contributed by atoms with Crippen molar-refractivity contribution in [2.75, 3.05) is 13.7 Å². The summed E-state index contributed by atoms with van der Waals surface area (Å²) in [4.78, 5) is 29.8. The van der Waals surface area contributed by atoms with Crippen LogP contribution in [0, 0.1) is 0 Å². The summed E-state index contributed by atoms with van der Waals surface area (Å²) in [6.07, 6.45) is 5.09. The third-order valence-corrected chi connectivity index (χ3v) is 5.01. The molecule has 0 saturated carbocycles. The van der Waals surface area contributed by atoms with Gasteiger partial charge >= 0.3 is 11.9 Å². The highest BCUT2D eigenvalue weighted by atomic mass is 35.5. The fourth-order valence-electron chi connectivity index (χ4n) is 3.43. The third-order valence-electron chi connectivity index (χ3n) is 4.66. The predicted molar refractivity (Wildman–Crippen MR) is 108 cm³/mol. The Kier molecular flexibility index (Phi) is 6.39. The van der Waals surface area contributed by atoms with E-state index in [2.05, 4.69) is 10.3 Å².